The van der Waals surface area contributed by atoms with Crippen molar-refractivity contribution in [3.05, 3.63) is 18.5 Å². The van der Waals surface area contributed by atoms with Crippen LogP contribution in [0.5, 0.6) is 11.5 Å². The first-order valence-corrected chi connectivity index (χ1v) is 5.55. The highest BCUT2D eigenvalue weighted by molar-refractivity contribution is 5.92. The molecule has 0 aliphatic heterocycles. The van der Waals surface area contributed by atoms with Crippen LogP contribution in [0.3, 0.4) is 0 Å². The highest BCUT2D eigenvalue weighted by atomic mass is 16.5. The largest absolute Gasteiger partial charge is 0.493 e. The van der Waals surface area contributed by atoms with Gasteiger partial charge >= 0.3 is 0 Å². The Kier molecular flexibility index (Phi) is 3.65. The summed E-state index contributed by atoms with van der Waals surface area (Å²) in [7, 11) is 3.11. The molecule has 1 heterocycles. The van der Waals surface area contributed by atoms with Gasteiger partial charge in [0.05, 0.1) is 19.7 Å². The number of carbonyl (C=O) groups is 1. The van der Waals surface area contributed by atoms with E-state index in [9.17, 15) is 4.79 Å². The molecule has 0 fully saturated rings. The van der Waals surface area contributed by atoms with Crippen LogP contribution in [0.4, 0.5) is 5.82 Å². The molecule has 19 heavy (non-hydrogen) atoms. The summed E-state index contributed by atoms with van der Waals surface area (Å²) in [6.45, 7) is 1.40. The van der Waals surface area contributed by atoms with Crippen molar-refractivity contribution in [1.82, 2.24) is 15.4 Å². The fourth-order valence-electron chi connectivity index (χ4n) is 1.63. The second-order valence-corrected chi connectivity index (χ2v) is 3.75. The van der Waals surface area contributed by atoms with Crippen LogP contribution in [-0.2, 0) is 4.79 Å². The third kappa shape index (κ3) is 2.65. The summed E-state index contributed by atoms with van der Waals surface area (Å²) in [5, 5.41) is 0.717. The predicted molar refractivity (Wildman–Crippen MR) is 70.1 cm³/mol. The van der Waals surface area contributed by atoms with E-state index >= 15 is 0 Å². The number of hydrazine groups is 1. The number of anilines is 1. The van der Waals surface area contributed by atoms with Gasteiger partial charge in [-0.15, -0.1) is 0 Å². The Balaban J connectivity index is 2.51. The molecule has 7 heteroatoms. The Hall–Kier alpha value is -2.57. The van der Waals surface area contributed by atoms with Crippen LogP contribution in [0.25, 0.3) is 10.9 Å². The molecule has 1 amide bonds. The van der Waals surface area contributed by atoms with Crippen LogP contribution in [0.1, 0.15) is 6.92 Å². The van der Waals surface area contributed by atoms with Crippen molar-refractivity contribution in [2.24, 2.45) is 0 Å². The summed E-state index contributed by atoms with van der Waals surface area (Å²) in [6.07, 6.45) is 1.40. The van der Waals surface area contributed by atoms with Gasteiger partial charge in [0.15, 0.2) is 17.3 Å². The van der Waals surface area contributed by atoms with Crippen LogP contribution in [0.15, 0.2) is 18.5 Å². The van der Waals surface area contributed by atoms with Crippen molar-refractivity contribution < 1.29 is 14.3 Å². The molecule has 0 radical (unpaired) electrons. The minimum atomic E-state index is -0.216. The van der Waals surface area contributed by atoms with Gasteiger partial charge in [0, 0.05) is 18.4 Å². The van der Waals surface area contributed by atoms with E-state index in [1.165, 1.54) is 13.3 Å². The van der Waals surface area contributed by atoms with Crippen LogP contribution < -0.4 is 20.3 Å². The topological polar surface area (TPSA) is 85.4 Å². The highest BCUT2D eigenvalue weighted by Gasteiger charge is 2.10. The third-order valence-electron chi connectivity index (χ3n) is 2.50. The lowest BCUT2D eigenvalue weighted by Gasteiger charge is -2.11. The lowest BCUT2D eigenvalue weighted by molar-refractivity contribution is -0.118. The first-order chi connectivity index (χ1) is 9.15. The van der Waals surface area contributed by atoms with Gasteiger partial charge in [-0.3, -0.25) is 15.6 Å². The summed E-state index contributed by atoms with van der Waals surface area (Å²) in [5.74, 6) is 1.42. The van der Waals surface area contributed by atoms with E-state index in [0.29, 0.717) is 28.2 Å². The molecule has 7 nitrogen and oxygen atoms in total. The maximum Gasteiger partial charge on any atom is 0.235 e. The molecule has 0 aliphatic carbocycles. The molecule has 0 spiro atoms. The molecular formula is C12H14N4O3. The number of methoxy groups -OCH3 is 2. The number of carbonyl (C=O) groups excluding carboxylic acids is 1. The molecule has 0 bridgehead atoms. The van der Waals surface area contributed by atoms with Gasteiger partial charge < -0.3 is 9.47 Å². The van der Waals surface area contributed by atoms with Crippen molar-refractivity contribution in [2.45, 2.75) is 6.92 Å². The smallest absolute Gasteiger partial charge is 0.235 e. The minimum absolute atomic E-state index is 0.216. The molecule has 100 valence electrons. The molecule has 0 unspecified atom stereocenters. The van der Waals surface area contributed by atoms with Crippen molar-refractivity contribution in [2.75, 3.05) is 19.6 Å². The number of ether oxygens (including phenoxy) is 2. The van der Waals surface area contributed by atoms with E-state index in [1.54, 1.807) is 26.4 Å². The normalized spacial score (nSPS) is 10.1. The van der Waals surface area contributed by atoms with Crippen molar-refractivity contribution >= 4 is 22.6 Å². The fourth-order valence-corrected chi connectivity index (χ4v) is 1.63. The summed E-state index contributed by atoms with van der Waals surface area (Å²) in [4.78, 5) is 19.1. The minimum Gasteiger partial charge on any atom is -0.493 e. The Morgan fingerprint density at radius 2 is 1.84 bits per heavy atom. The number of amides is 1. The number of aromatic nitrogens is 2. The van der Waals surface area contributed by atoms with Gasteiger partial charge in [0.2, 0.25) is 5.91 Å². The number of nitrogens with zero attached hydrogens (tertiary/aromatic N) is 2. The number of benzene rings is 1. The number of hydrogen-bond acceptors (Lipinski definition) is 6. The van der Waals surface area contributed by atoms with Gasteiger partial charge in [0.25, 0.3) is 0 Å². The van der Waals surface area contributed by atoms with Gasteiger partial charge in [0.1, 0.15) is 6.33 Å². The van der Waals surface area contributed by atoms with E-state index in [2.05, 4.69) is 20.8 Å². The molecule has 1 aromatic carbocycles. The Bertz CT molecular complexity index is 615. The zero-order valence-corrected chi connectivity index (χ0v) is 10.9. The van der Waals surface area contributed by atoms with Gasteiger partial charge in [-0.2, -0.15) is 0 Å². The maximum atomic E-state index is 10.9. The summed E-state index contributed by atoms with van der Waals surface area (Å²) < 4.78 is 10.4. The lowest BCUT2D eigenvalue weighted by Crippen LogP contribution is -2.27. The van der Waals surface area contributed by atoms with Crippen LogP contribution in [-0.4, -0.2) is 30.1 Å². The fraction of sp³-hybridized carbons (Fsp3) is 0.250. The zero-order chi connectivity index (χ0) is 13.8. The van der Waals surface area contributed by atoms with Crippen LogP contribution >= 0.6 is 0 Å². The van der Waals surface area contributed by atoms with Gasteiger partial charge in [-0.25, -0.2) is 9.97 Å². The van der Waals surface area contributed by atoms with E-state index in [1.807, 2.05) is 0 Å². The van der Waals surface area contributed by atoms with Crippen LogP contribution in [0.2, 0.25) is 0 Å². The van der Waals surface area contributed by atoms with E-state index in [4.69, 9.17) is 9.47 Å². The average Bonchev–Trinajstić information content (AvgIpc) is 2.43. The molecule has 2 rings (SSSR count). The standard InChI is InChI=1S/C12H14N4O3/c1-7(17)15-16-12-8-4-10(18-2)11(19-3)5-9(8)13-6-14-12/h4-6H,1-3H3,(H,15,17)(H,13,14,16). The SMILES string of the molecule is COc1cc2ncnc(NNC(C)=O)c2cc1OC. The van der Waals surface area contributed by atoms with Crippen molar-refractivity contribution in [1.29, 1.82) is 0 Å². The maximum absolute atomic E-state index is 10.9. The predicted octanol–water partition coefficient (Wildman–Crippen LogP) is 1.11. The first-order valence-electron chi connectivity index (χ1n) is 5.55. The number of rotatable bonds is 4. The molecule has 0 atom stereocenters. The lowest BCUT2D eigenvalue weighted by atomic mass is 10.2. The van der Waals surface area contributed by atoms with Crippen molar-refractivity contribution in [3.8, 4) is 11.5 Å². The van der Waals surface area contributed by atoms with Crippen LogP contribution in [0, 0.1) is 0 Å². The Morgan fingerprint density at radius 3 is 2.47 bits per heavy atom. The highest BCUT2D eigenvalue weighted by Crippen LogP contribution is 2.33. The third-order valence-corrected chi connectivity index (χ3v) is 2.50. The first kappa shape index (κ1) is 12.9. The second kappa shape index (κ2) is 5.38. The Labute approximate surface area is 109 Å². The van der Waals surface area contributed by atoms with Crippen molar-refractivity contribution in [3.63, 3.8) is 0 Å². The summed E-state index contributed by atoms with van der Waals surface area (Å²) >= 11 is 0. The molecule has 2 N–H and O–H groups in total. The monoisotopic (exact) mass is 262 g/mol. The zero-order valence-electron chi connectivity index (χ0n) is 10.9. The molecule has 0 saturated carbocycles. The molecular weight excluding hydrogens is 248 g/mol. The molecule has 1 aromatic heterocycles. The summed E-state index contributed by atoms with van der Waals surface area (Å²) in [6, 6.07) is 3.49. The molecule has 0 aliphatic rings. The molecule has 2 aromatic rings. The van der Waals surface area contributed by atoms with Gasteiger partial charge in [-0.05, 0) is 6.07 Å². The quantitative estimate of drug-likeness (QED) is 0.803. The number of hydrogen-bond donors (Lipinski definition) is 2. The number of fused-ring (bicyclic) bond motifs is 1. The second-order valence-electron chi connectivity index (χ2n) is 3.75. The van der Waals surface area contributed by atoms with E-state index in [0.717, 1.165) is 0 Å². The molecule has 0 saturated heterocycles. The summed E-state index contributed by atoms with van der Waals surface area (Å²) in [5.41, 5.74) is 5.88. The van der Waals surface area contributed by atoms with E-state index in [-0.39, 0.29) is 5.91 Å². The van der Waals surface area contributed by atoms with Gasteiger partial charge in [-0.1, -0.05) is 0 Å². The van der Waals surface area contributed by atoms with E-state index < -0.39 is 0 Å². The number of nitrogens with one attached hydrogen (secondary N) is 2. The Morgan fingerprint density at radius 1 is 1.16 bits per heavy atom. The average molecular weight is 262 g/mol.